The number of nitrogens with two attached hydrogens (primary N) is 1. The van der Waals surface area contributed by atoms with Crippen molar-refractivity contribution >= 4 is 35.8 Å². The van der Waals surface area contributed by atoms with Gasteiger partial charge in [0, 0.05) is 6.20 Å². The summed E-state index contributed by atoms with van der Waals surface area (Å²) in [6.07, 6.45) is 1.68. The van der Waals surface area contributed by atoms with Crippen LogP contribution in [0.2, 0.25) is 0 Å². The molecule has 3 N–H and O–H groups in total. The van der Waals surface area contributed by atoms with Crippen LogP contribution in [0, 0.1) is 5.82 Å². The van der Waals surface area contributed by atoms with Crippen LogP contribution in [-0.2, 0) is 0 Å². The number of likely N-dealkylation sites (N-methyl/N-ethyl adjacent to an activating group) is 1. The molecule has 0 amide bonds. The molecule has 124 valence electrons. The molecule has 0 fully saturated rings. The molecule has 1 atom stereocenters. The van der Waals surface area contributed by atoms with Crippen LogP contribution in [0.5, 0.6) is 0 Å². The number of nitrogens with one attached hydrogen (secondary N) is 1. The van der Waals surface area contributed by atoms with E-state index in [1.54, 1.807) is 18.3 Å². The number of halogens is 2. The van der Waals surface area contributed by atoms with Gasteiger partial charge in [0.05, 0.1) is 12.6 Å². The van der Waals surface area contributed by atoms with Crippen molar-refractivity contribution < 1.29 is 4.39 Å². The Morgan fingerprint density at radius 2 is 1.96 bits per heavy atom. The molecule has 2 aromatic rings. The number of guanidine groups is 1. The van der Waals surface area contributed by atoms with Crippen molar-refractivity contribution in [2.45, 2.75) is 6.04 Å². The summed E-state index contributed by atoms with van der Waals surface area (Å²) in [5.41, 5.74) is 6.86. The van der Waals surface area contributed by atoms with E-state index in [0.717, 1.165) is 5.56 Å². The SMILES string of the molecule is CN(C)C(CN=C(N)Nc1ccccn1)c1ccc(F)cc1.I. The van der Waals surface area contributed by atoms with Crippen LogP contribution in [0.15, 0.2) is 53.7 Å². The Morgan fingerprint density at radius 1 is 1.26 bits per heavy atom. The lowest BCUT2D eigenvalue weighted by molar-refractivity contribution is 0.306. The van der Waals surface area contributed by atoms with Gasteiger partial charge in [0.15, 0.2) is 5.96 Å². The highest BCUT2D eigenvalue weighted by Gasteiger charge is 2.13. The second-order valence-corrected chi connectivity index (χ2v) is 5.10. The molecule has 0 aliphatic rings. The van der Waals surface area contributed by atoms with Gasteiger partial charge in [-0.15, -0.1) is 24.0 Å². The first-order valence-electron chi connectivity index (χ1n) is 6.96. The number of anilines is 1. The third-order valence-corrected chi connectivity index (χ3v) is 3.23. The summed E-state index contributed by atoms with van der Waals surface area (Å²) in [6, 6.07) is 11.9. The molecule has 1 unspecified atom stereocenters. The molecular formula is C16H21FIN5. The zero-order valence-corrected chi connectivity index (χ0v) is 15.4. The monoisotopic (exact) mass is 429 g/mol. The van der Waals surface area contributed by atoms with Crippen LogP contribution < -0.4 is 11.1 Å². The van der Waals surface area contributed by atoms with Gasteiger partial charge in [-0.25, -0.2) is 9.37 Å². The molecule has 0 bridgehead atoms. The average molecular weight is 429 g/mol. The van der Waals surface area contributed by atoms with Crippen LogP contribution in [0.3, 0.4) is 0 Å². The molecule has 23 heavy (non-hydrogen) atoms. The molecule has 5 nitrogen and oxygen atoms in total. The maximum atomic E-state index is 13.0. The van der Waals surface area contributed by atoms with E-state index in [1.165, 1.54) is 12.1 Å². The number of benzene rings is 1. The number of hydrogen-bond acceptors (Lipinski definition) is 3. The molecule has 0 aliphatic carbocycles. The van der Waals surface area contributed by atoms with E-state index in [0.29, 0.717) is 18.3 Å². The molecule has 7 heteroatoms. The van der Waals surface area contributed by atoms with Gasteiger partial charge in [-0.05, 0) is 43.9 Å². The van der Waals surface area contributed by atoms with Gasteiger partial charge in [0.2, 0.25) is 0 Å². The second kappa shape index (κ2) is 9.41. The van der Waals surface area contributed by atoms with Crippen LogP contribution >= 0.6 is 24.0 Å². The summed E-state index contributed by atoms with van der Waals surface area (Å²) in [6.45, 7) is 0.463. The fourth-order valence-electron chi connectivity index (χ4n) is 2.04. The smallest absolute Gasteiger partial charge is 0.194 e. The lowest BCUT2D eigenvalue weighted by Gasteiger charge is -2.23. The Bertz CT molecular complexity index is 616. The van der Waals surface area contributed by atoms with Crippen molar-refractivity contribution in [3.05, 3.63) is 60.0 Å². The van der Waals surface area contributed by atoms with E-state index >= 15 is 0 Å². The lowest BCUT2D eigenvalue weighted by atomic mass is 10.1. The Balaban J connectivity index is 0.00000264. The predicted molar refractivity (Wildman–Crippen MR) is 103 cm³/mol. The lowest BCUT2D eigenvalue weighted by Crippen LogP contribution is -2.27. The molecule has 1 aromatic carbocycles. The maximum absolute atomic E-state index is 13.0. The minimum atomic E-state index is -0.249. The minimum Gasteiger partial charge on any atom is -0.370 e. The van der Waals surface area contributed by atoms with E-state index < -0.39 is 0 Å². The van der Waals surface area contributed by atoms with Crippen molar-refractivity contribution in [3.63, 3.8) is 0 Å². The topological polar surface area (TPSA) is 66.5 Å². The van der Waals surface area contributed by atoms with Gasteiger partial charge < -0.3 is 16.0 Å². The van der Waals surface area contributed by atoms with Crippen molar-refractivity contribution in [2.24, 2.45) is 10.7 Å². The number of pyridine rings is 1. The fraction of sp³-hybridized carbons (Fsp3) is 0.250. The Morgan fingerprint density at radius 3 is 2.52 bits per heavy atom. The maximum Gasteiger partial charge on any atom is 0.194 e. The molecule has 1 aromatic heterocycles. The highest BCUT2D eigenvalue weighted by atomic mass is 127. The van der Waals surface area contributed by atoms with Crippen LogP contribution in [0.1, 0.15) is 11.6 Å². The summed E-state index contributed by atoms with van der Waals surface area (Å²) in [7, 11) is 3.90. The van der Waals surface area contributed by atoms with E-state index in [2.05, 4.69) is 15.3 Å². The van der Waals surface area contributed by atoms with Crippen LogP contribution in [0.4, 0.5) is 10.2 Å². The highest BCUT2D eigenvalue weighted by molar-refractivity contribution is 14.0. The molecular weight excluding hydrogens is 408 g/mol. The second-order valence-electron chi connectivity index (χ2n) is 5.10. The van der Waals surface area contributed by atoms with Gasteiger partial charge in [0.1, 0.15) is 11.6 Å². The van der Waals surface area contributed by atoms with E-state index in [9.17, 15) is 4.39 Å². The first-order valence-corrected chi connectivity index (χ1v) is 6.96. The molecule has 2 rings (SSSR count). The third kappa shape index (κ3) is 6.11. The molecule has 1 heterocycles. The third-order valence-electron chi connectivity index (χ3n) is 3.23. The number of nitrogens with zero attached hydrogens (tertiary/aromatic N) is 3. The standard InChI is InChI=1S/C16H20FN5.HI/c1-22(2)14(12-6-8-13(17)9-7-12)11-20-16(18)21-15-5-3-4-10-19-15;/h3-10,14H,11H2,1-2H3,(H3,18,19,20,21);1H. The van der Waals surface area contributed by atoms with E-state index in [1.807, 2.05) is 37.2 Å². The zero-order valence-electron chi connectivity index (χ0n) is 13.1. The normalized spacial score (nSPS) is 12.6. The highest BCUT2D eigenvalue weighted by Crippen LogP contribution is 2.19. The molecule has 0 spiro atoms. The summed E-state index contributed by atoms with van der Waals surface area (Å²) in [4.78, 5) is 10.5. The Labute approximate surface area is 152 Å². The summed E-state index contributed by atoms with van der Waals surface area (Å²) < 4.78 is 13.0. The van der Waals surface area contributed by atoms with E-state index in [4.69, 9.17) is 5.73 Å². The quantitative estimate of drug-likeness (QED) is 0.436. The largest absolute Gasteiger partial charge is 0.370 e. The van der Waals surface area contributed by atoms with Gasteiger partial charge >= 0.3 is 0 Å². The molecule has 0 saturated carbocycles. The molecule has 0 saturated heterocycles. The summed E-state index contributed by atoms with van der Waals surface area (Å²) in [5.74, 6) is 0.695. The number of aliphatic imine (C=N–C) groups is 1. The summed E-state index contributed by atoms with van der Waals surface area (Å²) >= 11 is 0. The van der Waals surface area contributed by atoms with Gasteiger partial charge in [-0.2, -0.15) is 0 Å². The first-order chi connectivity index (χ1) is 10.6. The fourth-order valence-corrected chi connectivity index (χ4v) is 2.04. The Kier molecular flexibility index (Phi) is 7.90. The molecule has 0 radical (unpaired) electrons. The van der Waals surface area contributed by atoms with Crippen LogP contribution in [-0.4, -0.2) is 36.5 Å². The van der Waals surface area contributed by atoms with Crippen molar-refractivity contribution in [3.8, 4) is 0 Å². The summed E-state index contributed by atoms with van der Waals surface area (Å²) in [5, 5.41) is 2.93. The van der Waals surface area contributed by atoms with Gasteiger partial charge in [-0.3, -0.25) is 4.99 Å². The number of rotatable bonds is 5. The average Bonchev–Trinajstić information content (AvgIpc) is 2.50. The zero-order chi connectivity index (χ0) is 15.9. The first kappa shape index (κ1) is 19.3. The van der Waals surface area contributed by atoms with Crippen molar-refractivity contribution in [1.29, 1.82) is 0 Å². The minimum absolute atomic E-state index is 0. The number of hydrogen-bond donors (Lipinski definition) is 2. The number of aromatic nitrogens is 1. The predicted octanol–water partition coefficient (Wildman–Crippen LogP) is 2.87. The molecule has 0 aliphatic heterocycles. The van der Waals surface area contributed by atoms with Gasteiger partial charge in [0.25, 0.3) is 0 Å². The van der Waals surface area contributed by atoms with E-state index in [-0.39, 0.29) is 35.8 Å². The Hall–Kier alpha value is -1.74. The van der Waals surface area contributed by atoms with Crippen LogP contribution in [0.25, 0.3) is 0 Å². The van der Waals surface area contributed by atoms with Crippen molar-refractivity contribution in [2.75, 3.05) is 26.0 Å². The van der Waals surface area contributed by atoms with Crippen molar-refractivity contribution in [1.82, 2.24) is 9.88 Å². The van der Waals surface area contributed by atoms with Gasteiger partial charge in [-0.1, -0.05) is 18.2 Å².